The van der Waals surface area contributed by atoms with Crippen molar-refractivity contribution in [2.24, 2.45) is 0 Å². The van der Waals surface area contributed by atoms with Gasteiger partial charge in [0.15, 0.2) is 0 Å². The Morgan fingerprint density at radius 1 is 1.17 bits per heavy atom. The van der Waals surface area contributed by atoms with Crippen LogP contribution in [0.3, 0.4) is 0 Å². The molecule has 1 N–H and O–H groups in total. The number of fused-ring (bicyclic) bond motifs is 3. The molecule has 1 unspecified atom stereocenters. The average molecular weight is 306 g/mol. The number of nitrogens with zero attached hydrogens (tertiary/aromatic N) is 2. The number of carbonyl (C=O) groups excluding carboxylic acids is 1. The Labute approximate surface area is 134 Å². The Morgan fingerprint density at radius 2 is 2.00 bits per heavy atom. The topological polar surface area (TPSA) is 53.4 Å². The van der Waals surface area contributed by atoms with Crippen molar-refractivity contribution in [1.29, 1.82) is 0 Å². The van der Waals surface area contributed by atoms with Crippen LogP contribution in [0.1, 0.15) is 23.2 Å². The molecule has 1 amide bonds. The van der Waals surface area contributed by atoms with Gasteiger partial charge >= 0.3 is 0 Å². The zero-order valence-electron chi connectivity index (χ0n) is 12.8. The summed E-state index contributed by atoms with van der Waals surface area (Å²) in [6.07, 6.45) is 2.90. The van der Waals surface area contributed by atoms with Crippen molar-refractivity contribution in [1.82, 2.24) is 9.88 Å². The van der Waals surface area contributed by atoms with Gasteiger partial charge in [-0.3, -0.25) is 9.78 Å². The molecule has 0 spiro atoms. The van der Waals surface area contributed by atoms with Gasteiger partial charge in [-0.1, -0.05) is 30.3 Å². The molecule has 0 bridgehead atoms. The molecule has 4 rings (SSSR count). The minimum atomic E-state index is -0.424. The van der Waals surface area contributed by atoms with Gasteiger partial charge in [-0.25, -0.2) is 0 Å². The third kappa shape index (κ3) is 2.45. The van der Waals surface area contributed by atoms with Gasteiger partial charge in [0.05, 0.1) is 17.2 Å². The van der Waals surface area contributed by atoms with Crippen LogP contribution in [-0.2, 0) is 0 Å². The van der Waals surface area contributed by atoms with Crippen molar-refractivity contribution < 1.29 is 9.90 Å². The summed E-state index contributed by atoms with van der Waals surface area (Å²) in [6.45, 7) is 1.09. The van der Waals surface area contributed by atoms with Gasteiger partial charge in [-0.2, -0.15) is 0 Å². The quantitative estimate of drug-likeness (QED) is 0.703. The molecule has 4 heteroatoms. The monoisotopic (exact) mass is 306 g/mol. The number of aromatic nitrogens is 1. The highest BCUT2D eigenvalue weighted by Gasteiger charge is 2.25. The number of aliphatic hydroxyl groups excluding tert-OH is 1. The number of hydrogen-bond acceptors (Lipinski definition) is 3. The molecule has 0 aliphatic carbocycles. The van der Waals surface area contributed by atoms with Crippen molar-refractivity contribution >= 4 is 27.6 Å². The van der Waals surface area contributed by atoms with Gasteiger partial charge in [0.25, 0.3) is 5.91 Å². The number of carbonyl (C=O) groups is 1. The lowest BCUT2D eigenvalue weighted by atomic mass is 9.99. The number of pyridine rings is 1. The lowest BCUT2D eigenvalue weighted by Gasteiger charge is -2.30. The second-order valence-corrected chi connectivity index (χ2v) is 6.09. The van der Waals surface area contributed by atoms with Crippen LogP contribution in [0.15, 0.2) is 48.7 Å². The molecule has 2 aromatic carbocycles. The van der Waals surface area contributed by atoms with Crippen LogP contribution in [0, 0.1) is 0 Å². The molecule has 0 radical (unpaired) electrons. The normalized spacial score (nSPS) is 18.5. The first-order valence-electron chi connectivity index (χ1n) is 7.98. The highest BCUT2D eigenvalue weighted by atomic mass is 16.3. The number of aliphatic hydroxyl groups is 1. The minimum Gasteiger partial charge on any atom is -0.391 e. The number of rotatable bonds is 1. The van der Waals surface area contributed by atoms with Gasteiger partial charge in [-0.05, 0) is 35.7 Å². The SMILES string of the molecule is O=C(c1cc2ccccc2c2cccnc12)N1CCCC(O)C1. The van der Waals surface area contributed by atoms with Crippen LogP contribution in [0.4, 0.5) is 0 Å². The third-order valence-corrected chi connectivity index (χ3v) is 4.53. The Hall–Kier alpha value is -2.46. The summed E-state index contributed by atoms with van der Waals surface area (Å²) in [4.78, 5) is 19.2. The van der Waals surface area contributed by atoms with E-state index in [4.69, 9.17) is 0 Å². The van der Waals surface area contributed by atoms with Gasteiger partial charge in [0.1, 0.15) is 0 Å². The van der Waals surface area contributed by atoms with Crippen molar-refractivity contribution in [2.75, 3.05) is 13.1 Å². The Morgan fingerprint density at radius 3 is 2.87 bits per heavy atom. The molecule has 2 heterocycles. The molecule has 116 valence electrons. The standard InChI is InChI=1S/C19H18N2O2/c22-14-6-4-10-21(12-14)19(23)17-11-13-5-1-2-7-15(13)16-8-3-9-20-18(16)17/h1-3,5,7-9,11,14,22H,4,6,10,12H2. The van der Waals surface area contributed by atoms with E-state index in [1.165, 1.54) is 0 Å². The van der Waals surface area contributed by atoms with Crippen molar-refractivity contribution in [3.63, 3.8) is 0 Å². The van der Waals surface area contributed by atoms with Crippen LogP contribution in [0.5, 0.6) is 0 Å². The smallest absolute Gasteiger partial charge is 0.256 e. The molecule has 1 aliphatic heterocycles. The zero-order chi connectivity index (χ0) is 15.8. The molecule has 1 atom stereocenters. The van der Waals surface area contributed by atoms with Crippen molar-refractivity contribution in [3.05, 3.63) is 54.2 Å². The van der Waals surface area contributed by atoms with Crippen molar-refractivity contribution in [2.45, 2.75) is 18.9 Å². The highest BCUT2D eigenvalue weighted by molar-refractivity contribution is 6.15. The second-order valence-electron chi connectivity index (χ2n) is 6.09. The van der Waals surface area contributed by atoms with E-state index in [-0.39, 0.29) is 5.91 Å². The van der Waals surface area contributed by atoms with Gasteiger partial charge in [-0.15, -0.1) is 0 Å². The summed E-state index contributed by atoms with van der Waals surface area (Å²) in [7, 11) is 0. The number of amides is 1. The van der Waals surface area contributed by atoms with E-state index in [9.17, 15) is 9.90 Å². The summed E-state index contributed by atoms with van der Waals surface area (Å²) in [5.41, 5.74) is 1.35. The van der Waals surface area contributed by atoms with E-state index < -0.39 is 6.10 Å². The maximum atomic E-state index is 13.0. The van der Waals surface area contributed by atoms with E-state index in [0.717, 1.165) is 34.5 Å². The predicted octanol–water partition coefficient (Wildman–Crippen LogP) is 2.98. The maximum absolute atomic E-state index is 13.0. The summed E-state index contributed by atoms with van der Waals surface area (Å²) < 4.78 is 0. The molecular formula is C19H18N2O2. The molecule has 0 saturated carbocycles. The Balaban J connectivity index is 1.89. The van der Waals surface area contributed by atoms with Crippen LogP contribution in [0.2, 0.25) is 0 Å². The number of hydrogen-bond donors (Lipinski definition) is 1. The van der Waals surface area contributed by atoms with Crippen molar-refractivity contribution in [3.8, 4) is 0 Å². The summed E-state index contributed by atoms with van der Waals surface area (Å²) >= 11 is 0. The molecular weight excluding hydrogens is 288 g/mol. The summed E-state index contributed by atoms with van der Waals surface area (Å²) in [5.74, 6) is -0.0433. The first-order chi connectivity index (χ1) is 11.2. The Kier molecular flexibility index (Phi) is 3.46. The lowest BCUT2D eigenvalue weighted by Crippen LogP contribution is -2.42. The van der Waals surface area contributed by atoms with E-state index in [1.54, 1.807) is 11.1 Å². The predicted molar refractivity (Wildman–Crippen MR) is 90.4 cm³/mol. The molecule has 4 nitrogen and oxygen atoms in total. The summed E-state index contributed by atoms with van der Waals surface area (Å²) in [5, 5.41) is 13.0. The Bertz CT molecular complexity index is 891. The van der Waals surface area contributed by atoms with E-state index >= 15 is 0 Å². The minimum absolute atomic E-state index is 0.0433. The van der Waals surface area contributed by atoms with Gasteiger partial charge in [0, 0.05) is 24.7 Å². The fraction of sp³-hybridized carbons (Fsp3) is 0.263. The molecule has 1 fully saturated rings. The summed E-state index contributed by atoms with van der Waals surface area (Å²) in [6, 6.07) is 13.9. The zero-order valence-corrected chi connectivity index (χ0v) is 12.8. The maximum Gasteiger partial charge on any atom is 0.256 e. The van der Waals surface area contributed by atoms with Crippen LogP contribution in [0.25, 0.3) is 21.7 Å². The third-order valence-electron chi connectivity index (χ3n) is 4.53. The number of β-amino-alcohol motifs (C(OH)–C–C–N with tert-alkyl or cyclic N) is 1. The van der Waals surface area contributed by atoms with E-state index in [0.29, 0.717) is 18.7 Å². The van der Waals surface area contributed by atoms with Crippen LogP contribution >= 0.6 is 0 Å². The number of likely N-dealkylation sites (tertiary alicyclic amines) is 1. The average Bonchev–Trinajstić information content (AvgIpc) is 2.60. The molecule has 23 heavy (non-hydrogen) atoms. The lowest BCUT2D eigenvalue weighted by molar-refractivity contribution is 0.0475. The number of benzene rings is 2. The molecule has 1 saturated heterocycles. The van der Waals surface area contributed by atoms with Crippen LogP contribution in [-0.4, -0.2) is 40.1 Å². The van der Waals surface area contributed by atoms with Crippen LogP contribution < -0.4 is 0 Å². The first kappa shape index (κ1) is 14.2. The highest BCUT2D eigenvalue weighted by Crippen LogP contribution is 2.28. The molecule has 1 aliphatic rings. The first-order valence-corrected chi connectivity index (χ1v) is 7.98. The van der Waals surface area contributed by atoms with Gasteiger partial charge < -0.3 is 10.0 Å². The van der Waals surface area contributed by atoms with E-state index in [2.05, 4.69) is 11.1 Å². The van der Waals surface area contributed by atoms with E-state index in [1.807, 2.05) is 36.4 Å². The fourth-order valence-corrected chi connectivity index (χ4v) is 3.40. The molecule has 3 aromatic rings. The largest absolute Gasteiger partial charge is 0.391 e. The molecule has 1 aromatic heterocycles. The fourth-order valence-electron chi connectivity index (χ4n) is 3.40. The van der Waals surface area contributed by atoms with Gasteiger partial charge in [0.2, 0.25) is 0 Å². The number of piperidine rings is 1. The second kappa shape index (κ2) is 5.63.